The molecule has 5 heteroatoms. The Hall–Kier alpha value is -0.780. The van der Waals surface area contributed by atoms with E-state index in [-0.39, 0.29) is 11.5 Å². The van der Waals surface area contributed by atoms with Crippen molar-refractivity contribution in [1.82, 2.24) is 14.9 Å². The lowest BCUT2D eigenvalue weighted by molar-refractivity contribution is -0.0327. The van der Waals surface area contributed by atoms with Crippen LogP contribution in [0.1, 0.15) is 45.3 Å². The van der Waals surface area contributed by atoms with E-state index in [0.717, 1.165) is 37.8 Å². The van der Waals surface area contributed by atoms with Crippen molar-refractivity contribution in [2.75, 3.05) is 26.2 Å². The van der Waals surface area contributed by atoms with Crippen molar-refractivity contribution in [2.24, 2.45) is 0 Å². The Bertz CT molecular complexity index is 492. The number of likely N-dealkylation sites (N-methyl/N-ethyl adjacent to an activating group) is 1. The molecule has 1 aliphatic heterocycles. The Labute approximate surface area is 120 Å². The van der Waals surface area contributed by atoms with Crippen LogP contribution in [-0.2, 0) is 10.2 Å². The van der Waals surface area contributed by atoms with E-state index in [1.54, 1.807) is 0 Å². The van der Waals surface area contributed by atoms with Crippen LogP contribution in [-0.4, -0.2) is 41.1 Å². The van der Waals surface area contributed by atoms with Crippen LogP contribution in [0.5, 0.6) is 0 Å². The second-order valence-corrected chi connectivity index (χ2v) is 6.44. The van der Waals surface area contributed by atoms with Gasteiger partial charge >= 0.3 is 0 Å². The van der Waals surface area contributed by atoms with Gasteiger partial charge in [-0.3, -0.25) is 4.90 Å². The lowest BCUT2D eigenvalue weighted by atomic mass is 9.92. The largest absolute Gasteiger partial charge is 0.368 e. The van der Waals surface area contributed by atoms with Gasteiger partial charge in [0.25, 0.3) is 0 Å². The summed E-state index contributed by atoms with van der Waals surface area (Å²) in [5, 5.41) is 0. The second kappa shape index (κ2) is 5.69. The second-order valence-electron chi connectivity index (χ2n) is 6.02. The number of aromatic nitrogens is 2. The summed E-state index contributed by atoms with van der Waals surface area (Å²) in [6.45, 7) is 12.3. The summed E-state index contributed by atoms with van der Waals surface area (Å²) in [7, 11) is 0. The lowest BCUT2D eigenvalue weighted by Gasteiger charge is -2.32. The van der Waals surface area contributed by atoms with Gasteiger partial charge < -0.3 is 9.72 Å². The zero-order chi connectivity index (χ0) is 14.0. The SMILES string of the molecule is CCN1CCOC(c2nc(=S)cc(C(C)(C)C)[nH]2)C1. The smallest absolute Gasteiger partial charge is 0.138 e. The van der Waals surface area contributed by atoms with Crippen LogP contribution in [0.25, 0.3) is 0 Å². The van der Waals surface area contributed by atoms with Gasteiger partial charge in [0.2, 0.25) is 0 Å². The summed E-state index contributed by atoms with van der Waals surface area (Å²) in [5.41, 5.74) is 1.14. The Balaban J connectivity index is 2.29. The van der Waals surface area contributed by atoms with Crippen molar-refractivity contribution in [1.29, 1.82) is 0 Å². The predicted molar refractivity (Wildman–Crippen MR) is 78.9 cm³/mol. The van der Waals surface area contributed by atoms with E-state index < -0.39 is 0 Å². The maximum Gasteiger partial charge on any atom is 0.138 e. The van der Waals surface area contributed by atoms with Crippen LogP contribution in [0.4, 0.5) is 0 Å². The van der Waals surface area contributed by atoms with Gasteiger partial charge in [0.15, 0.2) is 0 Å². The summed E-state index contributed by atoms with van der Waals surface area (Å²) in [6, 6.07) is 1.94. The van der Waals surface area contributed by atoms with E-state index in [9.17, 15) is 0 Å². The van der Waals surface area contributed by atoms with E-state index in [4.69, 9.17) is 17.0 Å². The van der Waals surface area contributed by atoms with Crippen LogP contribution in [0, 0.1) is 4.64 Å². The molecule has 4 nitrogen and oxygen atoms in total. The van der Waals surface area contributed by atoms with Gasteiger partial charge in [-0.25, -0.2) is 4.98 Å². The minimum absolute atomic E-state index is 0.00213. The van der Waals surface area contributed by atoms with Gasteiger partial charge in [-0.2, -0.15) is 0 Å². The monoisotopic (exact) mass is 281 g/mol. The van der Waals surface area contributed by atoms with Crippen molar-refractivity contribution in [3.8, 4) is 0 Å². The number of ether oxygens (including phenoxy) is 1. The van der Waals surface area contributed by atoms with Crippen molar-refractivity contribution in [3.63, 3.8) is 0 Å². The number of aromatic amines is 1. The normalized spacial score (nSPS) is 21.6. The molecule has 0 saturated carbocycles. The molecule has 1 N–H and O–H groups in total. The fourth-order valence-corrected chi connectivity index (χ4v) is 2.40. The van der Waals surface area contributed by atoms with E-state index in [2.05, 4.69) is 42.6 Å². The lowest BCUT2D eigenvalue weighted by Crippen LogP contribution is -2.38. The van der Waals surface area contributed by atoms with Gasteiger partial charge in [0, 0.05) is 24.2 Å². The van der Waals surface area contributed by atoms with Gasteiger partial charge in [-0.15, -0.1) is 0 Å². The third kappa shape index (κ3) is 3.61. The number of hydrogen-bond donors (Lipinski definition) is 1. The average molecular weight is 281 g/mol. The molecule has 0 bridgehead atoms. The fourth-order valence-electron chi connectivity index (χ4n) is 2.19. The molecule has 0 radical (unpaired) electrons. The maximum atomic E-state index is 5.84. The zero-order valence-corrected chi connectivity index (χ0v) is 13.0. The number of nitrogens with one attached hydrogen (secondary N) is 1. The molecule has 1 unspecified atom stereocenters. The molecule has 2 heterocycles. The van der Waals surface area contributed by atoms with Crippen LogP contribution in [0.2, 0.25) is 0 Å². The van der Waals surface area contributed by atoms with Crippen molar-refractivity contribution in [2.45, 2.75) is 39.2 Å². The summed E-state index contributed by atoms with van der Waals surface area (Å²) < 4.78 is 6.47. The molecular formula is C14H23N3OS. The first-order valence-electron chi connectivity index (χ1n) is 6.86. The molecule has 1 saturated heterocycles. The first-order chi connectivity index (χ1) is 8.90. The minimum Gasteiger partial charge on any atom is -0.368 e. The van der Waals surface area contributed by atoms with E-state index >= 15 is 0 Å². The van der Waals surface area contributed by atoms with Gasteiger partial charge in [0.05, 0.1) is 6.61 Å². The van der Waals surface area contributed by atoms with Gasteiger partial charge in [-0.1, -0.05) is 39.9 Å². The highest BCUT2D eigenvalue weighted by Gasteiger charge is 2.24. The van der Waals surface area contributed by atoms with Crippen LogP contribution < -0.4 is 0 Å². The molecule has 106 valence electrons. The first kappa shape index (κ1) is 14.6. The molecule has 0 aliphatic carbocycles. The summed E-state index contributed by atoms with van der Waals surface area (Å²) in [5.74, 6) is 0.857. The molecule has 0 spiro atoms. The molecule has 1 atom stereocenters. The predicted octanol–water partition coefficient (Wildman–Crippen LogP) is 2.83. The average Bonchev–Trinajstić information content (AvgIpc) is 2.37. The van der Waals surface area contributed by atoms with Gasteiger partial charge in [0.1, 0.15) is 16.6 Å². The highest BCUT2D eigenvalue weighted by atomic mass is 32.1. The van der Waals surface area contributed by atoms with Crippen molar-refractivity contribution >= 4 is 12.2 Å². The van der Waals surface area contributed by atoms with Crippen molar-refractivity contribution < 1.29 is 4.74 Å². The number of morpholine rings is 1. The third-order valence-corrected chi connectivity index (χ3v) is 3.68. The maximum absolute atomic E-state index is 5.84. The number of H-pyrrole nitrogens is 1. The molecule has 0 aromatic carbocycles. The molecule has 1 fully saturated rings. The summed E-state index contributed by atoms with van der Waals surface area (Å²) in [4.78, 5) is 10.2. The minimum atomic E-state index is -0.00213. The Kier molecular flexibility index (Phi) is 4.38. The molecule has 0 amide bonds. The Morgan fingerprint density at radius 3 is 2.89 bits per heavy atom. The number of rotatable bonds is 2. The van der Waals surface area contributed by atoms with Gasteiger partial charge in [-0.05, 0) is 12.6 Å². The van der Waals surface area contributed by atoms with Crippen LogP contribution >= 0.6 is 12.2 Å². The Morgan fingerprint density at radius 1 is 1.53 bits per heavy atom. The Morgan fingerprint density at radius 2 is 2.26 bits per heavy atom. The third-order valence-electron chi connectivity index (χ3n) is 3.47. The highest BCUT2D eigenvalue weighted by molar-refractivity contribution is 7.71. The van der Waals surface area contributed by atoms with E-state index in [0.29, 0.717) is 4.64 Å². The van der Waals surface area contributed by atoms with E-state index in [1.165, 1.54) is 0 Å². The van der Waals surface area contributed by atoms with Crippen LogP contribution in [0.3, 0.4) is 0 Å². The molecule has 1 aliphatic rings. The zero-order valence-electron chi connectivity index (χ0n) is 12.2. The summed E-state index contributed by atoms with van der Waals surface area (Å²) in [6.07, 6.45) is -0.00213. The fraction of sp³-hybridized carbons (Fsp3) is 0.714. The standard InChI is InChI=1S/C14H23N3OS/c1-5-17-6-7-18-10(9-17)13-15-11(14(2,3)4)8-12(19)16-13/h8,10H,5-7,9H2,1-4H3,(H,15,16,19). The first-order valence-corrected chi connectivity index (χ1v) is 7.26. The van der Waals surface area contributed by atoms with Crippen LogP contribution in [0.15, 0.2) is 6.07 Å². The highest BCUT2D eigenvalue weighted by Crippen LogP contribution is 2.24. The topological polar surface area (TPSA) is 41.1 Å². The molecule has 1 aromatic heterocycles. The molecule has 1 aromatic rings. The van der Waals surface area contributed by atoms with Crippen molar-refractivity contribution in [3.05, 3.63) is 22.2 Å². The molecular weight excluding hydrogens is 258 g/mol. The summed E-state index contributed by atoms with van der Waals surface area (Å²) >= 11 is 5.28. The number of hydrogen-bond acceptors (Lipinski definition) is 4. The molecule has 19 heavy (non-hydrogen) atoms. The molecule has 2 rings (SSSR count). The number of nitrogens with zero attached hydrogens (tertiary/aromatic N) is 2. The quantitative estimate of drug-likeness (QED) is 0.846. The van der Waals surface area contributed by atoms with E-state index in [1.807, 2.05) is 6.07 Å².